The van der Waals surface area contributed by atoms with Crippen LogP contribution in [0.3, 0.4) is 0 Å². The molecule has 4 heterocycles. The van der Waals surface area contributed by atoms with Crippen LogP contribution in [-0.4, -0.2) is 15.8 Å². The van der Waals surface area contributed by atoms with Crippen molar-refractivity contribution in [1.29, 1.82) is 0 Å². The maximum Gasteiger partial charge on any atom is 0.252 e. The van der Waals surface area contributed by atoms with Gasteiger partial charge in [0.15, 0.2) is 0 Å². The molecule has 2 aliphatic rings. The molecule has 2 aromatic heterocycles. The van der Waals surface area contributed by atoms with Crippen LogP contribution in [0.2, 0.25) is 0 Å². The van der Waals surface area contributed by atoms with E-state index in [0.29, 0.717) is 0 Å². The van der Waals surface area contributed by atoms with Crippen molar-refractivity contribution < 1.29 is 0 Å². The van der Waals surface area contributed by atoms with E-state index in [1.807, 2.05) is 0 Å². The van der Waals surface area contributed by atoms with Gasteiger partial charge in [0.05, 0.1) is 28.1 Å². The summed E-state index contributed by atoms with van der Waals surface area (Å²) in [7, 11) is 0. The van der Waals surface area contributed by atoms with Gasteiger partial charge in [-0.05, 0) is 214 Å². The first-order valence-electron chi connectivity index (χ1n) is 28.4. The van der Waals surface area contributed by atoms with Crippen LogP contribution in [0, 0.1) is 41.5 Å². The first kappa shape index (κ1) is 49.1. The zero-order valence-electron chi connectivity index (χ0n) is 47.0. The summed E-state index contributed by atoms with van der Waals surface area (Å²) in [6, 6.07) is 69.8. The molecule has 0 atom stereocenters. The van der Waals surface area contributed by atoms with Crippen molar-refractivity contribution in [2.45, 2.75) is 94.9 Å². The Bertz CT molecular complexity index is 3750. The third-order valence-corrected chi connectivity index (χ3v) is 17.6. The summed E-state index contributed by atoms with van der Waals surface area (Å²) in [5.41, 5.74) is 32.3. The molecule has 11 aromatic rings. The zero-order valence-corrected chi connectivity index (χ0v) is 47.0. The maximum atomic E-state index is 2.63. The summed E-state index contributed by atoms with van der Waals surface area (Å²) in [6.07, 6.45) is 3.98. The van der Waals surface area contributed by atoms with Gasteiger partial charge in [-0.15, -0.1) is 0 Å². The minimum Gasteiger partial charge on any atom is -0.314 e. The first-order chi connectivity index (χ1) is 38.0. The molecule has 0 aliphatic carbocycles. The summed E-state index contributed by atoms with van der Waals surface area (Å²) in [6.45, 7) is 22.6. The smallest absolute Gasteiger partial charge is 0.252 e. The quantitative estimate of drug-likeness (QED) is 0.107. The van der Waals surface area contributed by atoms with Crippen LogP contribution in [0.5, 0.6) is 0 Å². The van der Waals surface area contributed by atoms with Gasteiger partial charge in [0, 0.05) is 67.7 Å². The third kappa shape index (κ3) is 7.66. The van der Waals surface area contributed by atoms with Crippen LogP contribution in [-0.2, 0) is 25.7 Å². The number of hydrogen-bond donors (Lipinski definition) is 0. The van der Waals surface area contributed by atoms with Crippen molar-refractivity contribution >= 4 is 96.1 Å². The molecule has 0 radical (unpaired) electrons. The lowest BCUT2D eigenvalue weighted by atomic mass is 9.34. The van der Waals surface area contributed by atoms with E-state index < -0.39 is 0 Å². The Kier molecular flexibility index (Phi) is 12.1. The Labute approximate surface area is 461 Å². The molecule has 6 heteroatoms. The van der Waals surface area contributed by atoms with Crippen molar-refractivity contribution in [1.82, 2.24) is 9.13 Å². The predicted molar refractivity (Wildman–Crippen MR) is 335 cm³/mol. The molecule has 13 rings (SSSR count). The number of aryl methyl sites for hydroxylation is 8. The second-order valence-electron chi connectivity index (χ2n) is 22.0. The second kappa shape index (κ2) is 19.2. The third-order valence-electron chi connectivity index (χ3n) is 17.6. The van der Waals surface area contributed by atoms with Gasteiger partial charge in [0.25, 0.3) is 6.71 Å². The molecule has 5 nitrogen and oxygen atoms in total. The number of anilines is 9. The van der Waals surface area contributed by atoms with Gasteiger partial charge in [-0.2, -0.15) is 0 Å². The summed E-state index contributed by atoms with van der Waals surface area (Å²) < 4.78 is 5.26. The Hall–Kier alpha value is -8.48. The lowest BCUT2D eigenvalue weighted by Gasteiger charge is -2.37. The van der Waals surface area contributed by atoms with E-state index >= 15 is 0 Å². The van der Waals surface area contributed by atoms with E-state index in [1.165, 1.54) is 117 Å². The fourth-order valence-electron chi connectivity index (χ4n) is 13.0. The molecule has 2 aliphatic heterocycles. The minimum absolute atomic E-state index is 0.0472. The maximum absolute atomic E-state index is 2.63. The number of fused-ring (bicyclic) bond motifs is 4. The standard InChI is InChI=1S/C72H68BN5/c1-11-51-19-31-57(32-20-51)77(58-33-21-52(12-2)22-34-58)64-41-39-62-71-68(64)47(7)49(9)74(71)66-43-61(76(55-27-15-45(5)16-28-55)56-29-17-46(6)18-30-56)44-67-70(66)73(62)63-40-42-65(69-48(8)50(10)75(67)72(63)69)78(59-35-23-53(13-3)24-36-59)60-37-25-54(14-4)26-38-60/h15-44H,11-14H2,1-10H3. The zero-order chi connectivity index (χ0) is 53.7. The minimum atomic E-state index is -0.0472. The molecule has 0 unspecified atom stereocenters. The Morgan fingerprint density at radius 1 is 0.333 bits per heavy atom. The highest BCUT2D eigenvalue weighted by Crippen LogP contribution is 2.48. The topological polar surface area (TPSA) is 19.6 Å². The normalized spacial score (nSPS) is 12.2. The molecular formula is C72H68BN5. The molecule has 0 spiro atoms. The molecule has 78 heavy (non-hydrogen) atoms. The monoisotopic (exact) mass is 1010 g/mol. The van der Waals surface area contributed by atoms with E-state index in [9.17, 15) is 0 Å². The molecule has 0 N–H and O–H groups in total. The number of rotatable bonds is 13. The van der Waals surface area contributed by atoms with Crippen LogP contribution in [0.4, 0.5) is 51.2 Å². The largest absolute Gasteiger partial charge is 0.314 e. The van der Waals surface area contributed by atoms with Crippen LogP contribution < -0.4 is 31.1 Å². The van der Waals surface area contributed by atoms with Crippen LogP contribution >= 0.6 is 0 Å². The number of benzene rings is 9. The van der Waals surface area contributed by atoms with Gasteiger partial charge in [0.1, 0.15) is 0 Å². The van der Waals surface area contributed by atoms with Gasteiger partial charge in [-0.25, -0.2) is 0 Å². The molecule has 9 aromatic carbocycles. The number of aromatic nitrogens is 2. The molecular weight excluding hydrogens is 946 g/mol. The highest BCUT2D eigenvalue weighted by atomic mass is 15.2. The second-order valence-corrected chi connectivity index (χ2v) is 22.0. The van der Waals surface area contributed by atoms with Crippen molar-refractivity contribution in [2.24, 2.45) is 0 Å². The Morgan fingerprint density at radius 2 is 0.628 bits per heavy atom. The van der Waals surface area contributed by atoms with Gasteiger partial charge >= 0.3 is 0 Å². The highest BCUT2D eigenvalue weighted by molar-refractivity contribution is 7.00. The SMILES string of the molecule is CCc1ccc(N(c2ccc(CC)cc2)c2ccc3c4c2c(C)c(C)n4-c2cc(N(c4ccc(C)cc4)c4ccc(C)cc4)cc4c2B3c2ccc(N(c3ccc(CC)cc3)c3ccc(CC)cc3)c3c(C)c(C)n-4c23)cc1. The van der Waals surface area contributed by atoms with Crippen molar-refractivity contribution in [3.63, 3.8) is 0 Å². The molecule has 0 saturated carbocycles. The van der Waals surface area contributed by atoms with Crippen LogP contribution in [0.25, 0.3) is 33.2 Å². The highest BCUT2D eigenvalue weighted by Gasteiger charge is 2.43. The molecule has 384 valence electrons. The summed E-state index contributed by atoms with van der Waals surface area (Å²) in [5, 5.41) is 2.57. The Balaban J connectivity index is 1.13. The van der Waals surface area contributed by atoms with Crippen molar-refractivity contribution in [2.75, 3.05) is 14.7 Å². The van der Waals surface area contributed by atoms with Gasteiger partial charge in [-0.3, -0.25) is 0 Å². The van der Waals surface area contributed by atoms with Crippen molar-refractivity contribution in [3.05, 3.63) is 238 Å². The van der Waals surface area contributed by atoms with Gasteiger partial charge in [0.2, 0.25) is 0 Å². The lowest BCUT2D eigenvalue weighted by molar-refractivity contribution is 1.01. The van der Waals surface area contributed by atoms with Crippen molar-refractivity contribution in [3.8, 4) is 11.4 Å². The molecule has 0 bridgehead atoms. The fraction of sp³-hybridized carbons (Fsp3) is 0.194. The predicted octanol–water partition coefficient (Wildman–Crippen LogP) is 17.2. The number of nitrogens with zero attached hydrogens (tertiary/aromatic N) is 5. The van der Waals surface area contributed by atoms with E-state index in [2.05, 4.69) is 275 Å². The summed E-state index contributed by atoms with van der Waals surface area (Å²) in [4.78, 5) is 7.48. The summed E-state index contributed by atoms with van der Waals surface area (Å²) >= 11 is 0. The van der Waals surface area contributed by atoms with E-state index in [-0.39, 0.29) is 6.71 Å². The van der Waals surface area contributed by atoms with Crippen LogP contribution in [0.15, 0.2) is 182 Å². The summed E-state index contributed by atoms with van der Waals surface area (Å²) in [5.74, 6) is 0. The first-order valence-corrected chi connectivity index (χ1v) is 28.4. The average Bonchev–Trinajstić information content (AvgIpc) is 3.50. The van der Waals surface area contributed by atoms with E-state index in [0.717, 1.165) is 65.5 Å². The lowest BCUT2D eigenvalue weighted by Crippen LogP contribution is -2.59. The fourth-order valence-corrected chi connectivity index (χ4v) is 13.0. The van der Waals surface area contributed by atoms with E-state index in [1.54, 1.807) is 0 Å². The molecule has 0 saturated heterocycles. The molecule has 0 fully saturated rings. The Morgan fingerprint density at radius 3 is 0.936 bits per heavy atom. The van der Waals surface area contributed by atoms with Crippen LogP contribution in [0.1, 0.15) is 83.6 Å². The van der Waals surface area contributed by atoms with Gasteiger partial charge in [-0.1, -0.05) is 124 Å². The average molecular weight is 1010 g/mol. The van der Waals surface area contributed by atoms with Gasteiger partial charge < -0.3 is 23.8 Å². The van der Waals surface area contributed by atoms with E-state index in [4.69, 9.17) is 0 Å². The molecule has 0 amide bonds. The number of hydrogen-bond acceptors (Lipinski definition) is 3.